The van der Waals surface area contributed by atoms with Crippen molar-refractivity contribution in [2.75, 3.05) is 13.2 Å². The topological polar surface area (TPSA) is 78.9 Å². The van der Waals surface area contributed by atoms with E-state index < -0.39 is 6.10 Å². The molecule has 0 radical (unpaired) electrons. The van der Waals surface area contributed by atoms with E-state index in [9.17, 15) is 14.4 Å². The van der Waals surface area contributed by atoms with Crippen LogP contribution in [-0.4, -0.2) is 37.2 Å². The maximum atomic E-state index is 12.8. The second-order valence-corrected chi connectivity index (χ2v) is 17.8. The second-order valence-electron chi connectivity index (χ2n) is 17.8. The van der Waals surface area contributed by atoms with E-state index in [1.165, 1.54) is 109 Å². The molecule has 6 nitrogen and oxygen atoms in total. The Hall–Kier alpha value is -3.67. The van der Waals surface area contributed by atoms with Crippen molar-refractivity contribution in [3.05, 3.63) is 97.2 Å². The summed E-state index contributed by atoms with van der Waals surface area (Å²) in [6.45, 7) is 6.50. The minimum Gasteiger partial charge on any atom is -0.462 e. The van der Waals surface area contributed by atoms with Crippen LogP contribution in [0.15, 0.2) is 97.2 Å². The van der Waals surface area contributed by atoms with Crippen molar-refractivity contribution in [2.24, 2.45) is 0 Å². The molecule has 0 aliphatic heterocycles. The highest BCUT2D eigenvalue weighted by Gasteiger charge is 2.19. The van der Waals surface area contributed by atoms with Gasteiger partial charge in [-0.05, 0) is 103 Å². The smallest absolute Gasteiger partial charge is 0.306 e. The van der Waals surface area contributed by atoms with Gasteiger partial charge in [0.1, 0.15) is 13.2 Å². The Morgan fingerprint density at radius 1 is 0.303 bits per heavy atom. The van der Waals surface area contributed by atoms with E-state index in [0.717, 1.165) is 89.9 Å². The van der Waals surface area contributed by atoms with E-state index in [1.54, 1.807) is 0 Å². The molecular weight excluding hydrogens is 817 g/mol. The first-order valence-electron chi connectivity index (χ1n) is 27.2. The van der Waals surface area contributed by atoms with Gasteiger partial charge in [-0.25, -0.2) is 0 Å². The number of ether oxygens (including phenoxy) is 3. The molecule has 376 valence electrons. The average molecular weight is 917 g/mol. The molecule has 0 aromatic carbocycles. The van der Waals surface area contributed by atoms with Crippen LogP contribution < -0.4 is 0 Å². The van der Waals surface area contributed by atoms with E-state index in [2.05, 4.69) is 118 Å². The maximum absolute atomic E-state index is 12.8. The van der Waals surface area contributed by atoms with Crippen molar-refractivity contribution in [1.29, 1.82) is 0 Å². The molecule has 0 saturated heterocycles. The zero-order valence-electron chi connectivity index (χ0n) is 42.9. The van der Waals surface area contributed by atoms with Crippen LogP contribution in [0.3, 0.4) is 0 Å². The third-order valence-electron chi connectivity index (χ3n) is 11.3. The second kappa shape index (κ2) is 53.9. The van der Waals surface area contributed by atoms with Crippen molar-refractivity contribution in [3.63, 3.8) is 0 Å². The number of allylic oxidation sites excluding steroid dienone is 16. The van der Waals surface area contributed by atoms with E-state index in [4.69, 9.17) is 14.2 Å². The molecule has 0 fully saturated rings. The van der Waals surface area contributed by atoms with Gasteiger partial charge in [-0.2, -0.15) is 0 Å². The number of unbranched alkanes of at least 4 members (excludes halogenated alkanes) is 21. The van der Waals surface area contributed by atoms with Gasteiger partial charge >= 0.3 is 17.9 Å². The lowest BCUT2D eigenvalue weighted by molar-refractivity contribution is -0.167. The largest absolute Gasteiger partial charge is 0.462 e. The number of rotatable bonds is 48. The number of hydrogen-bond donors (Lipinski definition) is 0. The van der Waals surface area contributed by atoms with Gasteiger partial charge < -0.3 is 14.2 Å². The van der Waals surface area contributed by atoms with Crippen molar-refractivity contribution >= 4 is 17.9 Å². The van der Waals surface area contributed by atoms with Crippen molar-refractivity contribution in [2.45, 2.75) is 252 Å². The molecule has 66 heavy (non-hydrogen) atoms. The minimum atomic E-state index is -0.815. The molecule has 0 aliphatic rings. The molecule has 0 saturated carbocycles. The lowest BCUT2D eigenvalue weighted by atomic mass is 10.0. The van der Waals surface area contributed by atoms with Crippen molar-refractivity contribution < 1.29 is 28.6 Å². The van der Waals surface area contributed by atoms with Crippen LogP contribution in [0.5, 0.6) is 0 Å². The third-order valence-corrected chi connectivity index (χ3v) is 11.3. The molecule has 0 bridgehead atoms. The highest BCUT2D eigenvalue weighted by molar-refractivity contribution is 5.71. The highest BCUT2D eigenvalue weighted by atomic mass is 16.6. The summed E-state index contributed by atoms with van der Waals surface area (Å²) in [5, 5.41) is 0. The first-order chi connectivity index (χ1) is 32.5. The molecular formula is C60H100O6. The standard InChI is InChI=1S/C60H100O6/c1-4-7-10-13-16-19-22-25-27-29-30-32-34-36-39-42-45-48-51-54-60(63)66-57(55-64-58(61)52-49-46-43-40-37-24-21-18-15-12-9-6-3)56-65-59(62)53-50-47-44-41-38-35-33-31-28-26-23-20-17-14-11-8-5-2/h16-17,19-20,25-28,30,32-33,35-36,39,41,44,57H,4-15,18,21-24,29,31,34,37-38,40,42-43,45-56H2,1-3H3/b19-16-,20-17-,27-25-,28-26-,32-30-,35-33-,39-36-,44-41-/t57-/m0/s1. The number of carbonyl (C=O) groups excluding carboxylic acids is 3. The van der Waals surface area contributed by atoms with Crippen molar-refractivity contribution in [1.82, 2.24) is 0 Å². The van der Waals surface area contributed by atoms with Gasteiger partial charge in [0, 0.05) is 19.3 Å². The molecule has 1 atom stereocenters. The molecule has 6 heteroatoms. The summed E-state index contributed by atoms with van der Waals surface area (Å²) >= 11 is 0. The van der Waals surface area contributed by atoms with Gasteiger partial charge in [-0.1, -0.05) is 221 Å². The summed E-state index contributed by atoms with van der Waals surface area (Å²) in [5.74, 6) is -0.997. The summed E-state index contributed by atoms with van der Waals surface area (Å²) in [4.78, 5) is 38.0. The van der Waals surface area contributed by atoms with Gasteiger partial charge in [-0.3, -0.25) is 14.4 Å². The van der Waals surface area contributed by atoms with Gasteiger partial charge in [0.2, 0.25) is 0 Å². The first-order valence-corrected chi connectivity index (χ1v) is 27.2. The van der Waals surface area contributed by atoms with E-state index in [-0.39, 0.29) is 44.0 Å². The Bertz CT molecular complexity index is 1330. The van der Waals surface area contributed by atoms with Gasteiger partial charge in [0.25, 0.3) is 0 Å². The molecule has 0 aliphatic carbocycles. The van der Waals surface area contributed by atoms with Crippen LogP contribution in [0.25, 0.3) is 0 Å². The molecule has 0 rings (SSSR count). The fourth-order valence-electron chi connectivity index (χ4n) is 7.18. The van der Waals surface area contributed by atoms with Crippen LogP contribution in [-0.2, 0) is 28.6 Å². The Morgan fingerprint density at radius 2 is 0.561 bits per heavy atom. The molecule has 0 amide bonds. The Balaban J connectivity index is 4.53. The van der Waals surface area contributed by atoms with Crippen LogP contribution in [0.4, 0.5) is 0 Å². The molecule has 0 spiro atoms. The Kier molecular flexibility index (Phi) is 50.9. The minimum absolute atomic E-state index is 0.107. The van der Waals surface area contributed by atoms with Crippen molar-refractivity contribution in [3.8, 4) is 0 Å². The fourth-order valence-corrected chi connectivity index (χ4v) is 7.18. The van der Waals surface area contributed by atoms with Crippen LogP contribution in [0, 0.1) is 0 Å². The first kappa shape index (κ1) is 62.3. The summed E-state index contributed by atoms with van der Waals surface area (Å²) in [6, 6.07) is 0. The zero-order valence-corrected chi connectivity index (χ0v) is 42.9. The van der Waals surface area contributed by atoms with E-state index in [1.807, 2.05) is 0 Å². The third kappa shape index (κ3) is 51.3. The average Bonchev–Trinajstić information content (AvgIpc) is 3.31. The Labute approximate surface area is 407 Å². The molecule has 0 aromatic heterocycles. The zero-order chi connectivity index (χ0) is 47.9. The number of esters is 3. The summed E-state index contributed by atoms with van der Waals surface area (Å²) in [6.07, 6.45) is 71.1. The van der Waals surface area contributed by atoms with Crippen LogP contribution in [0.1, 0.15) is 245 Å². The SMILES string of the molecule is CCCCC/C=C\C/C=C\C/C=C\C/C=C\CCCCCC(=O)O[C@H](COC(=O)CCC/C=C\C/C=C\C/C=C\C/C=C\CCCCC)COC(=O)CCCCCCCCCCCCCC. The van der Waals surface area contributed by atoms with E-state index >= 15 is 0 Å². The molecule has 0 heterocycles. The lowest BCUT2D eigenvalue weighted by Gasteiger charge is -2.18. The number of hydrogen-bond acceptors (Lipinski definition) is 6. The lowest BCUT2D eigenvalue weighted by Crippen LogP contribution is -2.30. The quantitative estimate of drug-likeness (QED) is 0.0262. The monoisotopic (exact) mass is 917 g/mol. The number of carbonyl (C=O) groups is 3. The highest BCUT2D eigenvalue weighted by Crippen LogP contribution is 2.14. The van der Waals surface area contributed by atoms with Gasteiger partial charge in [0.05, 0.1) is 0 Å². The summed E-state index contributed by atoms with van der Waals surface area (Å²) in [7, 11) is 0. The summed E-state index contributed by atoms with van der Waals surface area (Å²) in [5.41, 5.74) is 0. The predicted octanol–water partition coefficient (Wildman–Crippen LogP) is 18.1. The van der Waals surface area contributed by atoms with Crippen LogP contribution >= 0.6 is 0 Å². The normalized spacial score (nSPS) is 12.8. The van der Waals surface area contributed by atoms with Crippen LogP contribution in [0.2, 0.25) is 0 Å². The summed E-state index contributed by atoms with van der Waals surface area (Å²) < 4.78 is 16.7. The molecule has 0 unspecified atom stereocenters. The molecule has 0 N–H and O–H groups in total. The predicted molar refractivity (Wildman–Crippen MR) is 284 cm³/mol. The van der Waals surface area contributed by atoms with Gasteiger partial charge in [0.15, 0.2) is 6.10 Å². The van der Waals surface area contributed by atoms with E-state index in [0.29, 0.717) is 12.8 Å². The molecule has 0 aromatic rings. The fraction of sp³-hybridized carbons (Fsp3) is 0.683. The maximum Gasteiger partial charge on any atom is 0.306 e. The Morgan fingerprint density at radius 3 is 0.939 bits per heavy atom. The van der Waals surface area contributed by atoms with Gasteiger partial charge in [-0.15, -0.1) is 0 Å².